The maximum Gasteiger partial charge on any atom is 0.394 e. The molecule has 8 aromatic carbocycles. The van der Waals surface area contributed by atoms with Gasteiger partial charge in [0.1, 0.15) is 28.1 Å². The van der Waals surface area contributed by atoms with Crippen LogP contribution in [0.2, 0.25) is 0 Å². The second-order valence-corrected chi connectivity index (χ2v) is 18.6. The molecule has 0 fully saturated rings. The van der Waals surface area contributed by atoms with Gasteiger partial charge in [-0.25, -0.2) is 0 Å². The molecule has 1 unspecified atom stereocenters. The van der Waals surface area contributed by atoms with Crippen molar-refractivity contribution in [1.82, 2.24) is 0 Å². The Labute approximate surface area is 395 Å². The average Bonchev–Trinajstić information content (AvgIpc) is 3.97. The third-order valence-corrected chi connectivity index (χ3v) is 13.2. The molecule has 10 aromatic rings. The van der Waals surface area contributed by atoms with E-state index >= 15 is 0 Å². The molecule has 3 aliphatic rings. The van der Waals surface area contributed by atoms with Gasteiger partial charge in [-0.05, 0) is 81.9 Å². The standard InChI is InChI=1S/C27H17BrO3.C27H15BrO2.H2O4S/c28-18-14-15-20-24(16-18)31-26-25(20)30-23-13-7-6-12-22(23)27(26,29)21-11-5-4-10-19(21)17-8-2-1-3-9-17;28-16-13-14-19-24(15-16)30-26-25(19)29-23-12-6-5-11-22(23)27(26)20-9-3-1-7-17(20)18-8-2-4-10-21(18)27;1-5(2,3)4/h1-16,29H;1-15H;(H2,1,2,3,4). The molecule has 13 rings (SSSR count). The van der Waals surface area contributed by atoms with E-state index in [1.54, 1.807) is 0 Å². The van der Waals surface area contributed by atoms with Crippen LogP contribution in [0.1, 0.15) is 39.3 Å². The van der Waals surface area contributed by atoms with Crippen molar-refractivity contribution in [2.75, 3.05) is 0 Å². The first-order valence-electron chi connectivity index (χ1n) is 20.7. The number of halogens is 2. The van der Waals surface area contributed by atoms with Gasteiger partial charge in [-0.15, -0.1) is 0 Å². The van der Waals surface area contributed by atoms with Gasteiger partial charge >= 0.3 is 10.4 Å². The topological polar surface area (TPSA) is 140 Å². The quantitative estimate of drug-likeness (QED) is 0.144. The lowest BCUT2D eigenvalue weighted by molar-refractivity contribution is 0.0883. The Hall–Kier alpha value is -6.77. The molecule has 0 saturated carbocycles. The van der Waals surface area contributed by atoms with Crippen molar-refractivity contribution in [1.29, 1.82) is 0 Å². The normalized spacial score (nSPS) is 15.6. The summed E-state index contributed by atoms with van der Waals surface area (Å²) < 4.78 is 59.1. The van der Waals surface area contributed by atoms with Crippen LogP contribution >= 0.6 is 31.9 Å². The Balaban J connectivity index is 0.000000133. The summed E-state index contributed by atoms with van der Waals surface area (Å²) in [6, 6.07) is 63.1. The lowest BCUT2D eigenvalue weighted by Gasteiger charge is -2.36. The zero-order valence-electron chi connectivity index (χ0n) is 34.4. The predicted molar refractivity (Wildman–Crippen MR) is 260 cm³/mol. The highest BCUT2D eigenvalue weighted by atomic mass is 79.9. The summed E-state index contributed by atoms with van der Waals surface area (Å²) in [7, 11) is -4.67. The SMILES string of the molecule is Brc1ccc2c3c(oc2c1)C1(c2ccccc2O3)c2ccccc2-c2ccccc21.O=S(=O)(O)O.OC1(c2ccccc2-c2ccccc2)c2ccccc2Oc2c1oc1cc(Br)ccc21. The number of rotatable bonds is 2. The van der Waals surface area contributed by atoms with Gasteiger partial charge in [0, 0.05) is 25.6 Å². The molecule has 2 aliphatic heterocycles. The highest BCUT2D eigenvalue weighted by Crippen LogP contribution is 2.64. The van der Waals surface area contributed by atoms with E-state index in [2.05, 4.69) is 105 Å². The number of fused-ring (bicyclic) bond motifs is 15. The van der Waals surface area contributed by atoms with Crippen molar-refractivity contribution in [3.8, 4) is 45.3 Å². The predicted octanol–water partition coefficient (Wildman–Crippen LogP) is 14.3. The minimum atomic E-state index is -4.67. The zero-order valence-corrected chi connectivity index (χ0v) is 38.3. The first-order valence-corrected chi connectivity index (χ1v) is 23.7. The highest BCUT2D eigenvalue weighted by molar-refractivity contribution is 9.10. The van der Waals surface area contributed by atoms with Crippen LogP contribution in [0.4, 0.5) is 0 Å². The van der Waals surface area contributed by atoms with Gasteiger partial charge in [0.2, 0.25) is 0 Å². The van der Waals surface area contributed by atoms with Gasteiger partial charge in [0.15, 0.2) is 28.6 Å². The van der Waals surface area contributed by atoms with E-state index < -0.39 is 21.4 Å². The summed E-state index contributed by atoms with van der Waals surface area (Å²) in [5, 5.41) is 14.3. The summed E-state index contributed by atoms with van der Waals surface area (Å²) in [5.74, 6) is 4.09. The molecule has 1 aliphatic carbocycles. The molecule has 1 spiro atoms. The fraction of sp³-hybridized carbons (Fsp3) is 0.0370. The molecule has 66 heavy (non-hydrogen) atoms. The van der Waals surface area contributed by atoms with E-state index in [0.717, 1.165) is 64.8 Å². The third-order valence-electron chi connectivity index (χ3n) is 12.2. The Bertz CT molecular complexity index is 3600. The van der Waals surface area contributed by atoms with E-state index in [1.807, 2.05) is 115 Å². The van der Waals surface area contributed by atoms with Crippen LogP contribution in [-0.4, -0.2) is 22.6 Å². The van der Waals surface area contributed by atoms with Crippen molar-refractivity contribution < 1.29 is 40.9 Å². The van der Waals surface area contributed by atoms with Crippen molar-refractivity contribution in [3.63, 3.8) is 0 Å². The number of hydrogen-bond acceptors (Lipinski definition) is 7. The fourth-order valence-corrected chi connectivity index (χ4v) is 10.4. The Morgan fingerprint density at radius 3 is 1.41 bits per heavy atom. The molecule has 9 nitrogen and oxygen atoms in total. The monoisotopic (exact) mass is 1020 g/mol. The van der Waals surface area contributed by atoms with Crippen molar-refractivity contribution >= 4 is 64.2 Å². The van der Waals surface area contributed by atoms with Crippen molar-refractivity contribution in [2.24, 2.45) is 0 Å². The Morgan fingerprint density at radius 2 is 0.848 bits per heavy atom. The summed E-state index contributed by atoms with van der Waals surface area (Å²) in [4.78, 5) is 0. The zero-order chi connectivity index (χ0) is 45.4. The third kappa shape index (κ3) is 6.71. The maximum atomic E-state index is 12.5. The molecule has 0 radical (unpaired) electrons. The highest BCUT2D eigenvalue weighted by Gasteiger charge is 2.54. The maximum absolute atomic E-state index is 12.5. The van der Waals surface area contributed by atoms with Crippen LogP contribution in [0.3, 0.4) is 0 Å². The van der Waals surface area contributed by atoms with Crippen molar-refractivity contribution in [3.05, 3.63) is 236 Å². The molecule has 4 heterocycles. The number of furan rings is 2. The average molecular weight is 1020 g/mol. The fourth-order valence-electron chi connectivity index (χ4n) is 9.67. The minimum absolute atomic E-state index is 0.391. The molecule has 0 amide bonds. The van der Waals surface area contributed by atoms with Crippen LogP contribution in [0.5, 0.6) is 23.0 Å². The van der Waals surface area contributed by atoms with Gasteiger partial charge < -0.3 is 23.4 Å². The second kappa shape index (κ2) is 16.0. The molecule has 324 valence electrons. The first kappa shape index (κ1) is 41.9. The molecule has 1 atom stereocenters. The lowest BCUT2D eigenvalue weighted by Crippen LogP contribution is -2.32. The molecule has 3 N–H and O–H groups in total. The van der Waals surface area contributed by atoms with Gasteiger partial charge in [0.05, 0.1) is 10.8 Å². The summed E-state index contributed by atoms with van der Waals surface area (Å²) >= 11 is 7.09. The lowest BCUT2D eigenvalue weighted by atomic mass is 9.69. The number of ether oxygens (including phenoxy) is 2. The van der Waals surface area contributed by atoms with E-state index in [1.165, 1.54) is 22.3 Å². The van der Waals surface area contributed by atoms with Crippen LogP contribution in [0.15, 0.2) is 206 Å². The summed E-state index contributed by atoms with van der Waals surface area (Å²) in [6.07, 6.45) is 0. The number of para-hydroxylation sites is 2. The Kier molecular flexibility index (Phi) is 10.1. The molecular formula is C54H34Br2O9S. The van der Waals surface area contributed by atoms with Crippen LogP contribution in [0, 0.1) is 0 Å². The smallest absolute Gasteiger partial charge is 0.394 e. The largest absolute Gasteiger partial charge is 0.455 e. The number of aliphatic hydroxyl groups is 1. The van der Waals surface area contributed by atoms with Crippen LogP contribution in [-0.2, 0) is 21.4 Å². The van der Waals surface area contributed by atoms with E-state index in [4.69, 9.17) is 35.8 Å². The molecule has 0 saturated heterocycles. The Morgan fingerprint density at radius 1 is 0.439 bits per heavy atom. The van der Waals surface area contributed by atoms with E-state index in [9.17, 15) is 5.11 Å². The summed E-state index contributed by atoms with van der Waals surface area (Å²) in [6.45, 7) is 0. The number of hydrogen-bond donors (Lipinski definition) is 3. The summed E-state index contributed by atoms with van der Waals surface area (Å²) in [5.41, 5.74) is 8.88. The molecule has 0 bridgehead atoms. The van der Waals surface area contributed by atoms with E-state index in [-0.39, 0.29) is 0 Å². The van der Waals surface area contributed by atoms with Gasteiger partial charge in [-0.2, -0.15) is 8.42 Å². The minimum Gasteiger partial charge on any atom is -0.455 e. The van der Waals surface area contributed by atoms with Crippen molar-refractivity contribution in [2.45, 2.75) is 11.0 Å². The van der Waals surface area contributed by atoms with Crippen LogP contribution in [0.25, 0.3) is 44.2 Å². The van der Waals surface area contributed by atoms with Crippen LogP contribution < -0.4 is 9.47 Å². The molecule has 2 aromatic heterocycles. The second-order valence-electron chi connectivity index (χ2n) is 15.9. The van der Waals surface area contributed by atoms with Gasteiger partial charge in [-0.3, -0.25) is 9.11 Å². The first-order chi connectivity index (χ1) is 31.9. The van der Waals surface area contributed by atoms with Gasteiger partial charge in [0.25, 0.3) is 0 Å². The number of benzene rings is 8. The molecular weight excluding hydrogens is 984 g/mol. The molecule has 12 heteroatoms. The van der Waals surface area contributed by atoms with E-state index in [0.29, 0.717) is 28.4 Å². The van der Waals surface area contributed by atoms with Gasteiger partial charge in [-0.1, -0.05) is 171 Å².